The summed E-state index contributed by atoms with van der Waals surface area (Å²) in [4.78, 5) is 34.3. The van der Waals surface area contributed by atoms with E-state index in [4.69, 9.17) is 0 Å². The molecular weight excluding hydrogens is 182 g/mol. The summed E-state index contributed by atoms with van der Waals surface area (Å²) in [5, 5.41) is 0. The van der Waals surface area contributed by atoms with E-state index in [9.17, 15) is 14.4 Å². The van der Waals surface area contributed by atoms with E-state index in [1.807, 2.05) is 0 Å². The molecule has 1 saturated heterocycles. The van der Waals surface area contributed by atoms with Crippen LogP contribution in [0.4, 0.5) is 0 Å². The first-order chi connectivity index (χ1) is 6.75. The molecule has 0 aromatic carbocycles. The lowest BCUT2D eigenvalue weighted by Crippen LogP contribution is -2.35. The molecule has 0 unspecified atom stereocenters. The second-order valence-electron chi connectivity index (χ2n) is 3.48. The lowest BCUT2D eigenvalue weighted by molar-refractivity contribution is -0.143. The van der Waals surface area contributed by atoms with Gasteiger partial charge in [-0.05, 0) is 19.3 Å². The van der Waals surface area contributed by atoms with Gasteiger partial charge in [0, 0.05) is 25.9 Å². The van der Waals surface area contributed by atoms with Crippen LogP contribution in [-0.4, -0.2) is 36.0 Å². The van der Waals surface area contributed by atoms with Gasteiger partial charge in [0.25, 0.3) is 5.91 Å². The van der Waals surface area contributed by atoms with Crippen molar-refractivity contribution in [2.75, 3.05) is 13.1 Å². The van der Waals surface area contributed by atoms with E-state index in [2.05, 4.69) is 0 Å². The molecule has 0 aliphatic carbocycles. The Bertz CT molecular complexity index is 238. The number of Topliss-reactive ketones (excluding diaryl/α,β-unsaturated/α-hetero) is 1. The summed E-state index contributed by atoms with van der Waals surface area (Å²) in [7, 11) is 0. The summed E-state index contributed by atoms with van der Waals surface area (Å²) in [6.45, 7) is 1.19. The highest BCUT2D eigenvalue weighted by Crippen LogP contribution is 2.09. The number of nitrogens with zero attached hydrogens (tertiary/aromatic N) is 1. The van der Waals surface area contributed by atoms with Gasteiger partial charge in [-0.25, -0.2) is 0 Å². The highest BCUT2D eigenvalue weighted by molar-refractivity contribution is 6.36. The Labute approximate surface area is 83.3 Å². The Morgan fingerprint density at radius 3 is 2.79 bits per heavy atom. The van der Waals surface area contributed by atoms with E-state index in [0.29, 0.717) is 32.4 Å². The van der Waals surface area contributed by atoms with Crippen LogP contribution in [0, 0.1) is 0 Å². The largest absolute Gasteiger partial charge is 0.336 e. The SMILES string of the molecule is O=CCCCN1CCCCC(=O)C1=O. The van der Waals surface area contributed by atoms with Gasteiger partial charge in [-0.3, -0.25) is 9.59 Å². The van der Waals surface area contributed by atoms with Gasteiger partial charge < -0.3 is 9.69 Å². The molecule has 1 rings (SSSR count). The fourth-order valence-corrected chi connectivity index (χ4v) is 1.55. The maximum absolute atomic E-state index is 11.4. The first-order valence-corrected chi connectivity index (χ1v) is 5.01. The number of hydrogen-bond donors (Lipinski definition) is 0. The monoisotopic (exact) mass is 197 g/mol. The van der Waals surface area contributed by atoms with Gasteiger partial charge in [-0.1, -0.05) is 0 Å². The van der Waals surface area contributed by atoms with E-state index in [0.717, 1.165) is 19.1 Å². The molecule has 0 aromatic heterocycles. The van der Waals surface area contributed by atoms with Crippen molar-refractivity contribution in [2.45, 2.75) is 32.1 Å². The van der Waals surface area contributed by atoms with Gasteiger partial charge >= 0.3 is 0 Å². The van der Waals surface area contributed by atoms with Crippen LogP contribution in [0.2, 0.25) is 0 Å². The van der Waals surface area contributed by atoms with E-state index in [1.54, 1.807) is 4.90 Å². The van der Waals surface area contributed by atoms with Crippen LogP contribution in [0.15, 0.2) is 0 Å². The zero-order valence-electron chi connectivity index (χ0n) is 8.20. The van der Waals surface area contributed by atoms with Crippen molar-refractivity contribution in [3.8, 4) is 0 Å². The first-order valence-electron chi connectivity index (χ1n) is 5.01. The summed E-state index contributed by atoms with van der Waals surface area (Å²) < 4.78 is 0. The van der Waals surface area contributed by atoms with Crippen molar-refractivity contribution in [1.82, 2.24) is 4.90 Å². The van der Waals surface area contributed by atoms with Gasteiger partial charge in [-0.2, -0.15) is 0 Å². The van der Waals surface area contributed by atoms with E-state index in [-0.39, 0.29) is 11.7 Å². The number of aldehydes is 1. The van der Waals surface area contributed by atoms with Crippen LogP contribution in [0.3, 0.4) is 0 Å². The van der Waals surface area contributed by atoms with E-state index in [1.165, 1.54) is 0 Å². The minimum absolute atomic E-state index is 0.284. The number of rotatable bonds is 4. The molecule has 1 aliphatic heterocycles. The molecule has 0 radical (unpaired) electrons. The number of likely N-dealkylation sites (tertiary alicyclic amines) is 1. The molecule has 0 bridgehead atoms. The average molecular weight is 197 g/mol. The molecule has 1 heterocycles. The van der Waals surface area contributed by atoms with Crippen molar-refractivity contribution in [1.29, 1.82) is 0 Å². The predicted molar refractivity (Wildman–Crippen MR) is 50.7 cm³/mol. The van der Waals surface area contributed by atoms with Gasteiger partial charge in [0.1, 0.15) is 6.29 Å². The molecule has 1 aliphatic rings. The predicted octanol–water partition coefficient (Wildman–Crippen LogP) is 0.547. The Hall–Kier alpha value is -1.19. The van der Waals surface area contributed by atoms with Crippen LogP contribution in [0.25, 0.3) is 0 Å². The fraction of sp³-hybridized carbons (Fsp3) is 0.700. The number of carbonyl (C=O) groups excluding carboxylic acids is 3. The molecule has 4 heteroatoms. The van der Waals surface area contributed by atoms with Crippen LogP contribution < -0.4 is 0 Å². The van der Waals surface area contributed by atoms with Crippen molar-refractivity contribution in [2.24, 2.45) is 0 Å². The topological polar surface area (TPSA) is 54.5 Å². The number of amides is 1. The van der Waals surface area contributed by atoms with Crippen LogP contribution in [0.1, 0.15) is 32.1 Å². The lowest BCUT2D eigenvalue weighted by atomic mass is 10.2. The zero-order valence-corrected chi connectivity index (χ0v) is 8.20. The molecule has 0 N–H and O–H groups in total. The average Bonchev–Trinajstić information content (AvgIpc) is 2.33. The molecule has 1 amide bonds. The van der Waals surface area contributed by atoms with Crippen molar-refractivity contribution >= 4 is 18.0 Å². The van der Waals surface area contributed by atoms with Gasteiger partial charge in [-0.15, -0.1) is 0 Å². The van der Waals surface area contributed by atoms with E-state index >= 15 is 0 Å². The maximum atomic E-state index is 11.4. The third kappa shape index (κ3) is 2.94. The third-order valence-corrected chi connectivity index (χ3v) is 2.36. The fourth-order valence-electron chi connectivity index (χ4n) is 1.55. The van der Waals surface area contributed by atoms with Gasteiger partial charge in [0.2, 0.25) is 5.78 Å². The Morgan fingerprint density at radius 1 is 1.29 bits per heavy atom. The standard InChI is InChI=1S/C10H15NO3/c12-8-4-3-7-11-6-2-1-5-9(13)10(11)14/h8H,1-7H2. The summed E-state index contributed by atoms with van der Waals surface area (Å²) >= 11 is 0. The first kappa shape index (κ1) is 10.9. The minimum atomic E-state index is -0.367. The zero-order chi connectivity index (χ0) is 10.4. The molecule has 0 atom stereocenters. The number of unbranched alkanes of at least 4 members (excludes halogenated alkanes) is 1. The van der Waals surface area contributed by atoms with Crippen molar-refractivity contribution < 1.29 is 14.4 Å². The highest BCUT2D eigenvalue weighted by atomic mass is 16.2. The Balaban J connectivity index is 2.43. The van der Waals surface area contributed by atoms with Crippen molar-refractivity contribution in [3.05, 3.63) is 0 Å². The molecular formula is C10H15NO3. The summed E-state index contributed by atoms with van der Waals surface area (Å²) in [5.41, 5.74) is 0. The molecule has 0 spiro atoms. The third-order valence-electron chi connectivity index (χ3n) is 2.36. The highest BCUT2D eigenvalue weighted by Gasteiger charge is 2.23. The van der Waals surface area contributed by atoms with Crippen LogP contribution in [0.5, 0.6) is 0 Å². The summed E-state index contributed by atoms with van der Waals surface area (Å²) in [5.74, 6) is -0.651. The second kappa shape index (κ2) is 5.52. The lowest BCUT2D eigenvalue weighted by Gasteiger charge is -2.18. The quantitative estimate of drug-likeness (QED) is 0.375. The minimum Gasteiger partial charge on any atom is -0.336 e. The second-order valence-corrected chi connectivity index (χ2v) is 3.48. The maximum Gasteiger partial charge on any atom is 0.289 e. The van der Waals surface area contributed by atoms with E-state index < -0.39 is 0 Å². The van der Waals surface area contributed by atoms with Gasteiger partial charge in [0.05, 0.1) is 0 Å². The Kier molecular flexibility index (Phi) is 4.29. The molecule has 1 fully saturated rings. The van der Waals surface area contributed by atoms with Crippen LogP contribution >= 0.6 is 0 Å². The molecule has 0 saturated carbocycles. The molecule has 4 nitrogen and oxygen atoms in total. The number of carbonyl (C=O) groups is 3. The summed E-state index contributed by atoms with van der Waals surface area (Å²) in [6.07, 6.45) is 4.01. The Morgan fingerprint density at radius 2 is 2.07 bits per heavy atom. The number of hydrogen-bond acceptors (Lipinski definition) is 3. The smallest absolute Gasteiger partial charge is 0.289 e. The molecule has 78 valence electrons. The number of ketones is 1. The summed E-state index contributed by atoms with van der Waals surface area (Å²) in [6, 6.07) is 0. The normalized spacial score (nSPS) is 18.1. The molecule has 14 heavy (non-hydrogen) atoms. The molecule has 0 aromatic rings. The van der Waals surface area contributed by atoms with Crippen LogP contribution in [-0.2, 0) is 14.4 Å². The van der Waals surface area contributed by atoms with Crippen molar-refractivity contribution in [3.63, 3.8) is 0 Å². The van der Waals surface area contributed by atoms with Gasteiger partial charge in [0.15, 0.2) is 0 Å².